The van der Waals surface area contributed by atoms with E-state index in [9.17, 15) is 15.0 Å². The molecule has 3 rings (SSSR count). The standard InChI is InChI=1S/C16H22O3/c1-9-10-5-6-16(2)8-15(19)14(18)7-12(16)11(10)3-4-13(9)17/h5-6,11-12,14-15,18-19H,3-4,7-8H2,1-2H3/t11-,12-,14-,15+,16+/m1/s1. The van der Waals surface area contributed by atoms with Crippen molar-refractivity contribution in [2.24, 2.45) is 17.3 Å². The highest BCUT2D eigenvalue weighted by atomic mass is 16.3. The number of fused-ring (bicyclic) bond motifs is 3. The van der Waals surface area contributed by atoms with E-state index in [0.717, 1.165) is 12.0 Å². The number of aliphatic hydroxyl groups is 2. The fraction of sp³-hybridized carbons (Fsp3) is 0.688. The normalized spacial score (nSPS) is 46.0. The second kappa shape index (κ2) is 4.29. The molecular formula is C16H22O3. The molecule has 0 heterocycles. The molecule has 0 spiro atoms. The van der Waals surface area contributed by atoms with Crippen LogP contribution in [0.1, 0.15) is 39.5 Å². The third-order valence-corrected chi connectivity index (χ3v) is 5.50. The lowest BCUT2D eigenvalue weighted by molar-refractivity contribution is -0.117. The molecule has 0 aliphatic heterocycles. The molecule has 0 aromatic carbocycles. The van der Waals surface area contributed by atoms with Gasteiger partial charge < -0.3 is 10.2 Å². The van der Waals surface area contributed by atoms with Crippen LogP contribution in [0.25, 0.3) is 0 Å². The molecule has 0 aromatic heterocycles. The number of hydrogen-bond acceptors (Lipinski definition) is 3. The van der Waals surface area contributed by atoms with Crippen molar-refractivity contribution >= 4 is 5.78 Å². The smallest absolute Gasteiger partial charge is 0.158 e. The largest absolute Gasteiger partial charge is 0.390 e. The van der Waals surface area contributed by atoms with E-state index in [2.05, 4.69) is 19.1 Å². The zero-order valence-corrected chi connectivity index (χ0v) is 11.6. The van der Waals surface area contributed by atoms with Crippen LogP contribution in [0.4, 0.5) is 0 Å². The zero-order chi connectivity index (χ0) is 13.8. The highest BCUT2D eigenvalue weighted by molar-refractivity contribution is 5.97. The Morgan fingerprint density at radius 3 is 2.79 bits per heavy atom. The van der Waals surface area contributed by atoms with Crippen molar-refractivity contribution in [1.29, 1.82) is 0 Å². The van der Waals surface area contributed by atoms with Crippen LogP contribution in [0.3, 0.4) is 0 Å². The van der Waals surface area contributed by atoms with Crippen LogP contribution in [0, 0.1) is 17.3 Å². The molecule has 0 unspecified atom stereocenters. The Morgan fingerprint density at radius 1 is 1.32 bits per heavy atom. The quantitative estimate of drug-likeness (QED) is 0.702. The summed E-state index contributed by atoms with van der Waals surface area (Å²) < 4.78 is 0. The Hall–Kier alpha value is -0.930. The SMILES string of the molecule is CC1=C2C=C[C@@]3(C)C[C@H](O)[C@H](O)C[C@@H]3[C@@H]2CCC1=O. The molecule has 1 fully saturated rings. The number of carbonyl (C=O) groups excluding carboxylic acids is 1. The summed E-state index contributed by atoms with van der Waals surface area (Å²) in [4.78, 5) is 11.8. The molecule has 3 aliphatic rings. The molecule has 0 radical (unpaired) electrons. The van der Waals surface area contributed by atoms with Crippen molar-refractivity contribution in [3.05, 3.63) is 23.3 Å². The first kappa shape index (κ1) is 13.1. The van der Waals surface area contributed by atoms with Gasteiger partial charge in [-0.1, -0.05) is 19.1 Å². The van der Waals surface area contributed by atoms with E-state index in [4.69, 9.17) is 0 Å². The van der Waals surface area contributed by atoms with E-state index in [-0.39, 0.29) is 11.2 Å². The Morgan fingerprint density at radius 2 is 2.05 bits per heavy atom. The summed E-state index contributed by atoms with van der Waals surface area (Å²) >= 11 is 0. The Bertz CT molecular complexity index is 476. The van der Waals surface area contributed by atoms with E-state index in [1.807, 2.05) is 6.92 Å². The van der Waals surface area contributed by atoms with Gasteiger partial charge >= 0.3 is 0 Å². The van der Waals surface area contributed by atoms with Gasteiger partial charge in [-0.3, -0.25) is 4.79 Å². The number of rotatable bonds is 0. The number of hydrogen-bond donors (Lipinski definition) is 2. The molecular weight excluding hydrogens is 240 g/mol. The van der Waals surface area contributed by atoms with Gasteiger partial charge in [-0.25, -0.2) is 0 Å². The van der Waals surface area contributed by atoms with Crippen LogP contribution in [0.2, 0.25) is 0 Å². The van der Waals surface area contributed by atoms with Crippen molar-refractivity contribution in [1.82, 2.24) is 0 Å². The molecule has 1 saturated carbocycles. The molecule has 2 N–H and O–H groups in total. The highest BCUT2D eigenvalue weighted by Crippen LogP contribution is 2.53. The van der Waals surface area contributed by atoms with Crippen molar-refractivity contribution in [2.45, 2.75) is 51.7 Å². The molecule has 104 valence electrons. The third kappa shape index (κ3) is 1.91. The van der Waals surface area contributed by atoms with Crippen LogP contribution < -0.4 is 0 Å². The average Bonchev–Trinajstić information content (AvgIpc) is 2.36. The molecule has 0 aromatic rings. The summed E-state index contributed by atoms with van der Waals surface area (Å²) in [6.07, 6.45) is 5.77. The maximum atomic E-state index is 11.8. The second-order valence-electron chi connectivity index (χ2n) is 6.67. The average molecular weight is 262 g/mol. The molecule has 3 nitrogen and oxygen atoms in total. The number of aliphatic hydroxyl groups excluding tert-OH is 2. The van der Waals surface area contributed by atoms with Crippen molar-refractivity contribution < 1.29 is 15.0 Å². The fourth-order valence-electron chi connectivity index (χ4n) is 4.26. The van der Waals surface area contributed by atoms with Crippen molar-refractivity contribution in [3.63, 3.8) is 0 Å². The minimum Gasteiger partial charge on any atom is -0.390 e. The summed E-state index contributed by atoms with van der Waals surface area (Å²) in [6.45, 7) is 4.09. The summed E-state index contributed by atoms with van der Waals surface area (Å²) in [5.41, 5.74) is 2.02. The topological polar surface area (TPSA) is 57.5 Å². The summed E-state index contributed by atoms with van der Waals surface area (Å²) in [5.74, 6) is 0.972. The van der Waals surface area contributed by atoms with E-state index < -0.39 is 12.2 Å². The van der Waals surface area contributed by atoms with Crippen molar-refractivity contribution in [2.75, 3.05) is 0 Å². The van der Waals surface area contributed by atoms with Gasteiger partial charge in [0, 0.05) is 6.42 Å². The third-order valence-electron chi connectivity index (χ3n) is 5.50. The van der Waals surface area contributed by atoms with Gasteiger partial charge in [0.1, 0.15) is 0 Å². The van der Waals surface area contributed by atoms with E-state index in [0.29, 0.717) is 31.1 Å². The van der Waals surface area contributed by atoms with Gasteiger partial charge in [0.15, 0.2) is 5.78 Å². The molecule has 5 atom stereocenters. The minimum atomic E-state index is -0.622. The first-order valence-corrected chi connectivity index (χ1v) is 7.22. The monoisotopic (exact) mass is 262 g/mol. The van der Waals surface area contributed by atoms with Crippen LogP contribution in [0.15, 0.2) is 23.3 Å². The Kier molecular flexibility index (Phi) is 2.95. The first-order valence-electron chi connectivity index (χ1n) is 7.22. The lowest BCUT2D eigenvalue weighted by atomic mass is 9.55. The zero-order valence-electron chi connectivity index (χ0n) is 11.6. The van der Waals surface area contributed by atoms with Gasteiger partial charge in [-0.05, 0) is 54.6 Å². The minimum absolute atomic E-state index is 0.0481. The van der Waals surface area contributed by atoms with Crippen LogP contribution >= 0.6 is 0 Å². The number of carbonyl (C=O) groups is 1. The number of allylic oxidation sites excluding steroid dienone is 4. The molecule has 3 heteroatoms. The lowest BCUT2D eigenvalue weighted by Crippen LogP contribution is -2.49. The second-order valence-corrected chi connectivity index (χ2v) is 6.67. The van der Waals surface area contributed by atoms with Crippen molar-refractivity contribution in [3.8, 4) is 0 Å². The van der Waals surface area contributed by atoms with Crippen LogP contribution in [0.5, 0.6) is 0 Å². The number of ketones is 1. The van der Waals surface area contributed by atoms with Gasteiger partial charge in [-0.15, -0.1) is 0 Å². The first-order chi connectivity index (χ1) is 8.92. The maximum absolute atomic E-state index is 11.8. The summed E-state index contributed by atoms with van der Waals surface area (Å²) in [6, 6.07) is 0. The summed E-state index contributed by atoms with van der Waals surface area (Å²) in [5, 5.41) is 19.9. The predicted octanol–water partition coefficient (Wildman–Crippen LogP) is 1.99. The van der Waals surface area contributed by atoms with E-state index in [1.165, 1.54) is 5.57 Å². The molecule has 0 saturated heterocycles. The maximum Gasteiger partial charge on any atom is 0.158 e. The molecule has 0 bridgehead atoms. The Balaban J connectivity index is 2.03. The van der Waals surface area contributed by atoms with Gasteiger partial charge in [0.2, 0.25) is 0 Å². The van der Waals surface area contributed by atoms with Gasteiger partial charge in [-0.2, -0.15) is 0 Å². The van der Waals surface area contributed by atoms with Gasteiger partial charge in [0.25, 0.3) is 0 Å². The molecule has 3 aliphatic carbocycles. The van der Waals surface area contributed by atoms with E-state index in [1.54, 1.807) is 0 Å². The van der Waals surface area contributed by atoms with E-state index >= 15 is 0 Å². The highest BCUT2D eigenvalue weighted by Gasteiger charge is 2.49. The predicted molar refractivity (Wildman–Crippen MR) is 72.4 cm³/mol. The molecule has 19 heavy (non-hydrogen) atoms. The summed E-state index contributed by atoms with van der Waals surface area (Å²) in [7, 11) is 0. The fourth-order valence-corrected chi connectivity index (χ4v) is 4.26. The van der Waals surface area contributed by atoms with Crippen LogP contribution in [-0.4, -0.2) is 28.2 Å². The molecule has 0 amide bonds. The lowest BCUT2D eigenvalue weighted by Gasteiger charge is -2.51. The van der Waals surface area contributed by atoms with Gasteiger partial charge in [0.05, 0.1) is 12.2 Å². The van der Waals surface area contributed by atoms with Crippen LogP contribution in [-0.2, 0) is 4.79 Å². The number of Topliss-reactive ketones (excluding diaryl/α,β-unsaturated/α-hetero) is 1. The Labute approximate surface area is 114 Å².